The van der Waals surface area contributed by atoms with E-state index in [1.807, 2.05) is 0 Å². The molecule has 1 aliphatic heterocycles. The van der Waals surface area contributed by atoms with Gasteiger partial charge in [0.05, 0.1) is 15.8 Å². The highest BCUT2D eigenvalue weighted by Crippen LogP contribution is 2.38. The lowest BCUT2D eigenvalue weighted by Crippen LogP contribution is -2.15. The van der Waals surface area contributed by atoms with Gasteiger partial charge in [0, 0.05) is 17.7 Å². The number of rotatable bonds is 2. The summed E-state index contributed by atoms with van der Waals surface area (Å²) in [6.07, 6.45) is -4.44. The van der Waals surface area contributed by atoms with Crippen molar-refractivity contribution >= 4 is 32.6 Å². The zero-order valence-electron chi connectivity index (χ0n) is 13.1. The van der Waals surface area contributed by atoms with E-state index in [0.29, 0.717) is 35.4 Å². The molecule has 2 heterocycles. The lowest BCUT2D eigenvalue weighted by molar-refractivity contribution is -0.137. The molecule has 0 aliphatic carbocycles. The van der Waals surface area contributed by atoms with E-state index in [1.54, 1.807) is 12.1 Å². The topological polar surface area (TPSA) is 60.5 Å². The minimum absolute atomic E-state index is 0.114. The Kier molecular flexibility index (Phi) is 3.95. The summed E-state index contributed by atoms with van der Waals surface area (Å²) in [5.74, 6) is 0.678. The average molecular weight is 380 g/mol. The molecule has 0 fully saturated rings. The van der Waals surface area contributed by atoms with Crippen molar-refractivity contribution in [1.82, 2.24) is 4.98 Å². The summed E-state index contributed by atoms with van der Waals surface area (Å²) >= 11 is 1.24. The second kappa shape index (κ2) is 6.17. The molecule has 3 aromatic rings. The minimum Gasteiger partial charge on any atom is -0.486 e. The summed E-state index contributed by atoms with van der Waals surface area (Å²) in [5, 5.41) is 2.94. The smallest absolute Gasteiger partial charge is 0.416 e. The Labute approximate surface area is 149 Å². The molecule has 1 aromatic heterocycles. The van der Waals surface area contributed by atoms with E-state index in [2.05, 4.69) is 10.3 Å². The molecular weight excluding hydrogens is 369 g/mol. The second-order valence-corrected chi connectivity index (χ2v) is 6.54. The van der Waals surface area contributed by atoms with Crippen LogP contribution in [-0.4, -0.2) is 24.1 Å². The van der Waals surface area contributed by atoms with Gasteiger partial charge in [-0.25, -0.2) is 4.98 Å². The number of hydrogen-bond donors (Lipinski definition) is 1. The highest BCUT2D eigenvalue weighted by atomic mass is 32.1. The van der Waals surface area contributed by atoms with Crippen LogP contribution in [0.1, 0.15) is 15.9 Å². The number of carbonyl (C=O) groups excluding carboxylic acids is 1. The van der Waals surface area contributed by atoms with Gasteiger partial charge in [0.15, 0.2) is 16.6 Å². The predicted octanol–water partition coefficient (Wildman–Crippen LogP) is 4.34. The number of hydrogen-bond acceptors (Lipinski definition) is 5. The van der Waals surface area contributed by atoms with Crippen LogP contribution in [0.4, 0.5) is 18.3 Å². The van der Waals surface area contributed by atoms with Gasteiger partial charge in [0.25, 0.3) is 5.91 Å². The van der Waals surface area contributed by atoms with Crippen LogP contribution in [0.2, 0.25) is 0 Å². The number of anilines is 1. The summed E-state index contributed by atoms with van der Waals surface area (Å²) in [6, 6.07) is 7.52. The summed E-state index contributed by atoms with van der Waals surface area (Å²) in [5.41, 5.74) is -0.0511. The molecule has 9 heteroatoms. The lowest BCUT2D eigenvalue weighted by Gasteiger charge is -2.17. The number of thiazole rings is 1. The van der Waals surface area contributed by atoms with Crippen molar-refractivity contribution in [3.63, 3.8) is 0 Å². The first-order valence-corrected chi connectivity index (χ1v) is 8.40. The van der Waals surface area contributed by atoms with Crippen molar-refractivity contribution in [2.24, 2.45) is 0 Å². The predicted molar refractivity (Wildman–Crippen MR) is 90.0 cm³/mol. The molecule has 0 atom stereocenters. The number of amides is 1. The molecule has 4 rings (SSSR count). The van der Waals surface area contributed by atoms with E-state index in [0.717, 1.165) is 29.0 Å². The van der Waals surface area contributed by atoms with Gasteiger partial charge in [-0.1, -0.05) is 11.3 Å². The normalized spacial score (nSPS) is 13.7. The third-order valence-corrected chi connectivity index (χ3v) is 4.68. The molecule has 1 amide bonds. The van der Waals surface area contributed by atoms with Crippen molar-refractivity contribution in [3.05, 3.63) is 47.5 Å². The fourth-order valence-electron chi connectivity index (χ4n) is 2.50. The molecule has 0 unspecified atom stereocenters. The highest BCUT2D eigenvalue weighted by Gasteiger charge is 2.30. The molecule has 0 saturated heterocycles. The molecule has 0 spiro atoms. The van der Waals surface area contributed by atoms with Gasteiger partial charge < -0.3 is 9.47 Å². The van der Waals surface area contributed by atoms with Crippen LogP contribution in [0.3, 0.4) is 0 Å². The third-order valence-electron chi connectivity index (χ3n) is 3.75. The Balaban J connectivity index is 1.55. The largest absolute Gasteiger partial charge is 0.486 e. The Hall–Kier alpha value is -2.81. The first kappa shape index (κ1) is 16.6. The number of aromatic nitrogens is 1. The van der Waals surface area contributed by atoms with Crippen molar-refractivity contribution in [2.75, 3.05) is 18.5 Å². The SMILES string of the molecule is O=C(Nc1nc2cc3c(cc2s1)OCCO3)c1ccc(C(F)(F)F)cc1. The highest BCUT2D eigenvalue weighted by molar-refractivity contribution is 7.22. The van der Waals surface area contributed by atoms with Crippen molar-refractivity contribution in [2.45, 2.75) is 6.18 Å². The molecular formula is C17H11F3N2O3S. The Bertz CT molecular complexity index is 940. The molecule has 1 aliphatic rings. The number of halogens is 3. The van der Waals surface area contributed by atoms with E-state index in [-0.39, 0.29) is 5.56 Å². The monoisotopic (exact) mass is 380 g/mol. The van der Waals surface area contributed by atoms with Gasteiger partial charge in [-0.2, -0.15) is 13.2 Å². The number of fused-ring (bicyclic) bond motifs is 2. The van der Waals surface area contributed by atoms with Crippen LogP contribution in [0.25, 0.3) is 10.2 Å². The number of ether oxygens (including phenoxy) is 2. The molecule has 2 aromatic carbocycles. The molecule has 0 saturated carbocycles. The van der Waals surface area contributed by atoms with Gasteiger partial charge >= 0.3 is 6.18 Å². The standard InChI is InChI=1S/C17H11F3N2O3S/c18-17(19,20)10-3-1-9(2-4-10)15(23)22-16-21-11-7-12-13(8-14(11)26-16)25-6-5-24-12/h1-4,7-8H,5-6H2,(H,21,22,23). The molecule has 1 N–H and O–H groups in total. The van der Waals surface area contributed by atoms with Crippen molar-refractivity contribution in [3.8, 4) is 11.5 Å². The Morgan fingerprint density at radius 2 is 1.73 bits per heavy atom. The van der Waals surface area contributed by atoms with E-state index in [4.69, 9.17) is 9.47 Å². The molecule has 0 bridgehead atoms. The number of carbonyl (C=O) groups is 1. The molecule has 5 nitrogen and oxygen atoms in total. The van der Waals surface area contributed by atoms with Crippen LogP contribution < -0.4 is 14.8 Å². The van der Waals surface area contributed by atoms with Crippen LogP contribution in [0.15, 0.2) is 36.4 Å². The number of nitrogens with one attached hydrogen (secondary N) is 1. The van der Waals surface area contributed by atoms with E-state index in [9.17, 15) is 18.0 Å². The zero-order chi connectivity index (χ0) is 18.3. The van der Waals surface area contributed by atoms with E-state index in [1.165, 1.54) is 11.3 Å². The van der Waals surface area contributed by atoms with Crippen molar-refractivity contribution in [1.29, 1.82) is 0 Å². The maximum atomic E-state index is 12.6. The fourth-order valence-corrected chi connectivity index (χ4v) is 3.37. The van der Waals surface area contributed by atoms with Gasteiger partial charge in [-0.15, -0.1) is 0 Å². The summed E-state index contributed by atoms with van der Waals surface area (Å²) < 4.78 is 49.6. The van der Waals surface area contributed by atoms with Gasteiger partial charge in [0.1, 0.15) is 13.2 Å². The van der Waals surface area contributed by atoms with E-state index >= 15 is 0 Å². The zero-order valence-corrected chi connectivity index (χ0v) is 13.9. The quantitative estimate of drug-likeness (QED) is 0.719. The average Bonchev–Trinajstić information content (AvgIpc) is 3.00. The Morgan fingerprint density at radius 3 is 2.38 bits per heavy atom. The number of alkyl halides is 3. The first-order valence-electron chi connectivity index (χ1n) is 7.59. The first-order chi connectivity index (χ1) is 12.4. The molecule has 26 heavy (non-hydrogen) atoms. The number of benzene rings is 2. The third kappa shape index (κ3) is 3.17. The maximum absolute atomic E-state index is 12.6. The summed E-state index contributed by atoms with van der Waals surface area (Å²) in [4.78, 5) is 16.5. The van der Waals surface area contributed by atoms with Crippen LogP contribution in [0, 0.1) is 0 Å². The van der Waals surface area contributed by atoms with E-state index < -0.39 is 17.6 Å². The van der Waals surface area contributed by atoms with Gasteiger partial charge in [-0.3, -0.25) is 10.1 Å². The maximum Gasteiger partial charge on any atom is 0.416 e. The lowest BCUT2D eigenvalue weighted by atomic mass is 10.1. The minimum atomic E-state index is -4.44. The molecule has 134 valence electrons. The van der Waals surface area contributed by atoms with Gasteiger partial charge in [0.2, 0.25) is 0 Å². The van der Waals surface area contributed by atoms with Crippen LogP contribution >= 0.6 is 11.3 Å². The Morgan fingerprint density at radius 1 is 1.08 bits per heavy atom. The van der Waals surface area contributed by atoms with Gasteiger partial charge in [-0.05, 0) is 24.3 Å². The van der Waals surface area contributed by atoms with Crippen molar-refractivity contribution < 1.29 is 27.4 Å². The summed E-state index contributed by atoms with van der Waals surface area (Å²) in [6.45, 7) is 0.926. The van der Waals surface area contributed by atoms with Crippen LogP contribution in [-0.2, 0) is 6.18 Å². The van der Waals surface area contributed by atoms with Crippen LogP contribution in [0.5, 0.6) is 11.5 Å². The number of nitrogens with zero attached hydrogens (tertiary/aromatic N) is 1. The fraction of sp³-hybridized carbons (Fsp3) is 0.176. The second-order valence-electron chi connectivity index (χ2n) is 5.51. The molecule has 0 radical (unpaired) electrons. The summed E-state index contributed by atoms with van der Waals surface area (Å²) in [7, 11) is 0.